The highest BCUT2D eigenvalue weighted by Crippen LogP contribution is 2.40. The number of aryl methyl sites for hydroxylation is 1. The lowest BCUT2D eigenvalue weighted by atomic mass is 9.94. The van der Waals surface area contributed by atoms with E-state index in [-0.39, 0.29) is 5.78 Å². The van der Waals surface area contributed by atoms with Crippen LogP contribution in [0.1, 0.15) is 34.0 Å². The zero-order valence-electron chi connectivity index (χ0n) is 12.7. The van der Waals surface area contributed by atoms with Gasteiger partial charge in [-0.2, -0.15) is 0 Å². The molecule has 4 rings (SSSR count). The van der Waals surface area contributed by atoms with Crippen molar-refractivity contribution in [1.82, 2.24) is 0 Å². The summed E-state index contributed by atoms with van der Waals surface area (Å²) < 4.78 is 0. The van der Waals surface area contributed by atoms with Gasteiger partial charge in [0.15, 0.2) is 5.78 Å². The van der Waals surface area contributed by atoms with Crippen molar-refractivity contribution < 1.29 is 4.79 Å². The Morgan fingerprint density at radius 2 is 1.50 bits per heavy atom. The Kier molecular flexibility index (Phi) is 2.77. The number of carbonyl (C=O) groups excluding carboxylic acids is 1. The van der Waals surface area contributed by atoms with Gasteiger partial charge in [-0.3, -0.25) is 4.79 Å². The third kappa shape index (κ3) is 1.75. The van der Waals surface area contributed by atoms with Crippen LogP contribution in [0.4, 0.5) is 0 Å². The first kappa shape index (κ1) is 13.0. The van der Waals surface area contributed by atoms with Crippen LogP contribution in [0.15, 0.2) is 66.2 Å². The van der Waals surface area contributed by atoms with Gasteiger partial charge in [-0.05, 0) is 41.3 Å². The van der Waals surface area contributed by atoms with Gasteiger partial charge in [-0.15, -0.1) is 0 Å². The summed E-state index contributed by atoms with van der Waals surface area (Å²) in [5.74, 6) is 0.155. The molecule has 3 aromatic rings. The second kappa shape index (κ2) is 4.67. The minimum Gasteiger partial charge on any atom is -0.289 e. The Labute approximate surface area is 129 Å². The Hall–Kier alpha value is -2.67. The van der Waals surface area contributed by atoms with Gasteiger partial charge in [-0.1, -0.05) is 66.2 Å². The van der Waals surface area contributed by atoms with Crippen molar-refractivity contribution in [2.24, 2.45) is 0 Å². The van der Waals surface area contributed by atoms with E-state index >= 15 is 0 Å². The first-order valence-electron chi connectivity index (χ1n) is 7.51. The maximum atomic E-state index is 12.8. The lowest BCUT2D eigenvalue weighted by Crippen LogP contribution is -1.96. The van der Waals surface area contributed by atoms with Crippen molar-refractivity contribution in [1.29, 1.82) is 0 Å². The lowest BCUT2D eigenvalue weighted by molar-refractivity contribution is 0.103. The smallest absolute Gasteiger partial charge is 0.190 e. The fourth-order valence-corrected chi connectivity index (χ4v) is 3.32. The molecule has 1 nitrogen and oxygen atoms in total. The van der Waals surface area contributed by atoms with Gasteiger partial charge < -0.3 is 0 Å². The fraction of sp³-hybridized carbons (Fsp3) is 0.0952. The molecule has 0 spiro atoms. The highest BCUT2D eigenvalue weighted by atomic mass is 16.1. The van der Waals surface area contributed by atoms with Gasteiger partial charge in [0.25, 0.3) is 0 Å². The molecule has 106 valence electrons. The minimum absolute atomic E-state index is 0.155. The van der Waals surface area contributed by atoms with Gasteiger partial charge in [-0.25, -0.2) is 0 Å². The van der Waals surface area contributed by atoms with E-state index in [4.69, 9.17) is 0 Å². The number of hydrogen-bond acceptors (Lipinski definition) is 1. The van der Waals surface area contributed by atoms with Crippen LogP contribution in [0, 0.1) is 6.92 Å². The van der Waals surface area contributed by atoms with Crippen molar-refractivity contribution in [2.45, 2.75) is 13.8 Å². The maximum absolute atomic E-state index is 12.8. The number of ketones is 1. The summed E-state index contributed by atoms with van der Waals surface area (Å²) in [4.78, 5) is 12.8. The summed E-state index contributed by atoms with van der Waals surface area (Å²) in [6, 6.07) is 20.7. The second-order valence-corrected chi connectivity index (χ2v) is 5.90. The molecule has 0 atom stereocenters. The number of Topliss-reactive ketones (excluding diaryl/α,β-unsaturated/α-hetero) is 1. The molecule has 0 amide bonds. The first-order chi connectivity index (χ1) is 10.7. The molecule has 0 bridgehead atoms. The quantitative estimate of drug-likeness (QED) is 0.602. The standard InChI is InChI=1S/C21H16O/c1-13-7-9-16(10-8-13)19-14(2)21(22)20-17-6-4-3-5-15(17)11-12-18(19)20/h3-12H,1-2H3. The van der Waals surface area contributed by atoms with Crippen LogP contribution in [0.3, 0.4) is 0 Å². The van der Waals surface area contributed by atoms with E-state index in [9.17, 15) is 4.79 Å². The number of carbonyl (C=O) groups is 1. The van der Waals surface area contributed by atoms with E-state index in [1.54, 1.807) is 0 Å². The fourth-order valence-electron chi connectivity index (χ4n) is 3.32. The number of hydrogen-bond donors (Lipinski definition) is 0. The molecular weight excluding hydrogens is 268 g/mol. The summed E-state index contributed by atoms with van der Waals surface area (Å²) >= 11 is 0. The maximum Gasteiger partial charge on any atom is 0.190 e. The minimum atomic E-state index is 0.155. The van der Waals surface area contributed by atoms with E-state index in [1.165, 1.54) is 5.56 Å². The molecule has 22 heavy (non-hydrogen) atoms. The van der Waals surface area contributed by atoms with Gasteiger partial charge >= 0.3 is 0 Å². The number of allylic oxidation sites excluding steroid dienone is 1. The Morgan fingerprint density at radius 3 is 2.27 bits per heavy atom. The van der Waals surface area contributed by atoms with Crippen molar-refractivity contribution in [3.05, 3.63) is 88.5 Å². The van der Waals surface area contributed by atoms with Gasteiger partial charge in [0.05, 0.1) is 0 Å². The molecule has 1 aliphatic rings. The third-order valence-electron chi connectivity index (χ3n) is 4.48. The molecule has 0 saturated heterocycles. The molecular formula is C21H16O. The van der Waals surface area contributed by atoms with E-state index < -0.39 is 0 Å². The molecule has 0 N–H and O–H groups in total. The summed E-state index contributed by atoms with van der Waals surface area (Å²) in [7, 11) is 0. The average molecular weight is 284 g/mol. The van der Waals surface area contributed by atoms with E-state index in [0.717, 1.165) is 38.6 Å². The molecule has 0 radical (unpaired) electrons. The molecule has 1 aliphatic carbocycles. The van der Waals surface area contributed by atoms with Crippen molar-refractivity contribution in [3.8, 4) is 0 Å². The highest BCUT2D eigenvalue weighted by molar-refractivity contribution is 6.27. The zero-order chi connectivity index (χ0) is 15.3. The third-order valence-corrected chi connectivity index (χ3v) is 4.48. The summed E-state index contributed by atoms with van der Waals surface area (Å²) in [5.41, 5.74) is 6.17. The highest BCUT2D eigenvalue weighted by Gasteiger charge is 2.29. The Bertz CT molecular complexity index is 943. The predicted octanol–water partition coefficient (Wildman–Crippen LogP) is 5.17. The SMILES string of the molecule is CC1=C(c2ccc(C)cc2)c2ccc3ccccc3c2C1=O. The van der Waals surface area contributed by atoms with Crippen LogP contribution in [0.5, 0.6) is 0 Å². The normalized spacial score (nSPS) is 13.8. The number of benzene rings is 3. The van der Waals surface area contributed by atoms with Gasteiger partial charge in [0.1, 0.15) is 0 Å². The summed E-state index contributed by atoms with van der Waals surface area (Å²) in [6.07, 6.45) is 0. The topological polar surface area (TPSA) is 17.1 Å². The molecule has 0 heterocycles. The second-order valence-electron chi connectivity index (χ2n) is 5.90. The van der Waals surface area contributed by atoms with Crippen LogP contribution >= 0.6 is 0 Å². The Balaban J connectivity index is 2.02. The number of rotatable bonds is 1. The van der Waals surface area contributed by atoms with Crippen LogP contribution < -0.4 is 0 Å². The van der Waals surface area contributed by atoms with E-state index in [0.29, 0.717) is 0 Å². The average Bonchev–Trinajstić information content (AvgIpc) is 2.80. The molecule has 0 fully saturated rings. The molecule has 0 saturated carbocycles. The van der Waals surface area contributed by atoms with Crippen molar-refractivity contribution in [3.63, 3.8) is 0 Å². The molecule has 0 unspecified atom stereocenters. The summed E-state index contributed by atoms with van der Waals surface area (Å²) in [6.45, 7) is 4.01. The van der Waals surface area contributed by atoms with Crippen LogP contribution in [-0.4, -0.2) is 5.78 Å². The monoisotopic (exact) mass is 284 g/mol. The largest absolute Gasteiger partial charge is 0.289 e. The van der Waals surface area contributed by atoms with Crippen LogP contribution in [0.25, 0.3) is 16.3 Å². The Morgan fingerprint density at radius 1 is 0.773 bits per heavy atom. The molecule has 3 aromatic carbocycles. The van der Waals surface area contributed by atoms with Crippen molar-refractivity contribution >= 4 is 22.1 Å². The van der Waals surface area contributed by atoms with E-state index in [2.05, 4.69) is 49.4 Å². The predicted molar refractivity (Wildman–Crippen MR) is 91.2 cm³/mol. The van der Waals surface area contributed by atoms with Gasteiger partial charge in [0, 0.05) is 11.1 Å². The molecule has 1 heteroatoms. The molecule has 0 aliphatic heterocycles. The van der Waals surface area contributed by atoms with E-state index in [1.807, 2.05) is 25.1 Å². The van der Waals surface area contributed by atoms with Crippen molar-refractivity contribution in [2.75, 3.05) is 0 Å². The lowest BCUT2D eigenvalue weighted by Gasteiger charge is -2.08. The first-order valence-corrected chi connectivity index (χ1v) is 7.51. The summed E-state index contributed by atoms with van der Waals surface area (Å²) in [5, 5.41) is 2.17. The van der Waals surface area contributed by atoms with Crippen LogP contribution in [0.2, 0.25) is 0 Å². The van der Waals surface area contributed by atoms with Crippen LogP contribution in [-0.2, 0) is 0 Å². The zero-order valence-corrected chi connectivity index (χ0v) is 12.7. The van der Waals surface area contributed by atoms with Gasteiger partial charge in [0.2, 0.25) is 0 Å². The number of fused-ring (bicyclic) bond motifs is 3. The molecule has 0 aromatic heterocycles.